The normalized spacial score (nSPS) is 23.5. The standard InChI is InChI=1S/C26H30N4O4/c1-17-11-12-23(34-17)22(29-13-4-5-14-29)16-27-24(31)18-7-6-8-19(15-18)30-26(33)21-10-3-2-9-20(21)25(32)28-30/h2-3,6-8,11-12,15,20-22H,4-5,9-10,13-14,16H2,1H3,(H,27,31)(H,28,32). The molecule has 3 amide bonds. The van der Waals surface area contributed by atoms with Crippen molar-refractivity contribution in [1.29, 1.82) is 0 Å². The van der Waals surface area contributed by atoms with E-state index >= 15 is 0 Å². The highest BCUT2D eigenvalue weighted by molar-refractivity contribution is 6.05. The van der Waals surface area contributed by atoms with E-state index in [-0.39, 0.29) is 35.6 Å². The average Bonchev–Trinajstić information content (AvgIpc) is 3.54. The van der Waals surface area contributed by atoms with Gasteiger partial charge in [0.05, 0.1) is 23.6 Å². The summed E-state index contributed by atoms with van der Waals surface area (Å²) in [5.41, 5.74) is 3.63. The zero-order valence-electron chi connectivity index (χ0n) is 19.3. The van der Waals surface area contributed by atoms with Crippen molar-refractivity contribution in [2.24, 2.45) is 11.8 Å². The number of fused-ring (bicyclic) bond motifs is 1. The molecule has 2 aromatic rings. The maximum Gasteiger partial charge on any atom is 0.251 e. The monoisotopic (exact) mass is 462 g/mol. The molecule has 0 radical (unpaired) electrons. The second kappa shape index (κ2) is 9.46. The number of hydrogen-bond donors (Lipinski definition) is 2. The summed E-state index contributed by atoms with van der Waals surface area (Å²) in [4.78, 5) is 41.0. The molecular weight excluding hydrogens is 432 g/mol. The minimum Gasteiger partial charge on any atom is -0.465 e. The fourth-order valence-electron chi connectivity index (χ4n) is 5.16. The first-order chi connectivity index (χ1) is 16.5. The Balaban J connectivity index is 1.30. The van der Waals surface area contributed by atoms with Crippen LogP contribution in [0, 0.1) is 18.8 Å². The third kappa shape index (κ3) is 4.37. The van der Waals surface area contributed by atoms with Gasteiger partial charge >= 0.3 is 0 Å². The Morgan fingerprint density at radius 1 is 1.12 bits per heavy atom. The molecular formula is C26H30N4O4. The smallest absolute Gasteiger partial charge is 0.251 e. The van der Waals surface area contributed by atoms with E-state index < -0.39 is 0 Å². The zero-order chi connectivity index (χ0) is 23.7. The Morgan fingerprint density at radius 3 is 2.62 bits per heavy atom. The minimum atomic E-state index is -0.366. The second-order valence-electron chi connectivity index (χ2n) is 9.27. The number of carbonyl (C=O) groups excluding carboxylic acids is 3. The first-order valence-electron chi connectivity index (χ1n) is 12.0. The number of hydrazine groups is 1. The Bertz CT molecular complexity index is 1120. The SMILES string of the molecule is Cc1ccc(C(CNC(=O)c2cccc(N3NC(=O)C4CC=CCC4C3=O)c2)N2CCCC2)o1. The number of anilines is 1. The maximum atomic E-state index is 13.1. The molecule has 1 aliphatic carbocycles. The summed E-state index contributed by atoms with van der Waals surface area (Å²) in [5.74, 6) is 0.471. The number of nitrogens with zero attached hydrogens (tertiary/aromatic N) is 2. The van der Waals surface area contributed by atoms with Crippen LogP contribution in [-0.4, -0.2) is 42.3 Å². The predicted octanol–water partition coefficient (Wildman–Crippen LogP) is 3.12. The molecule has 0 spiro atoms. The van der Waals surface area contributed by atoms with Gasteiger partial charge in [-0.3, -0.25) is 24.7 Å². The molecule has 3 heterocycles. The number of carbonyl (C=O) groups is 3. The molecule has 5 rings (SSSR count). The van der Waals surface area contributed by atoms with Gasteiger partial charge in [-0.1, -0.05) is 18.2 Å². The molecule has 3 unspecified atom stereocenters. The van der Waals surface area contributed by atoms with Crippen LogP contribution in [0.5, 0.6) is 0 Å². The third-order valence-corrected chi connectivity index (χ3v) is 7.02. The molecule has 8 nitrogen and oxygen atoms in total. The summed E-state index contributed by atoms with van der Waals surface area (Å²) in [6.45, 7) is 4.29. The topological polar surface area (TPSA) is 94.9 Å². The molecule has 34 heavy (non-hydrogen) atoms. The molecule has 2 aliphatic heterocycles. The fraction of sp³-hybridized carbons (Fsp3) is 0.423. The van der Waals surface area contributed by atoms with Crippen LogP contribution in [0.25, 0.3) is 0 Å². The molecule has 2 saturated heterocycles. The third-order valence-electron chi connectivity index (χ3n) is 7.02. The van der Waals surface area contributed by atoms with Gasteiger partial charge in [0.15, 0.2) is 0 Å². The first kappa shape index (κ1) is 22.4. The van der Waals surface area contributed by atoms with Gasteiger partial charge in [0.1, 0.15) is 11.5 Å². The lowest BCUT2D eigenvalue weighted by molar-refractivity contribution is -0.139. The van der Waals surface area contributed by atoms with Gasteiger partial charge in [-0.15, -0.1) is 0 Å². The van der Waals surface area contributed by atoms with Crippen molar-refractivity contribution in [3.63, 3.8) is 0 Å². The highest BCUT2D eigenvalue weighted by atomic mass is 16.3. The van der Waals surface area contributed by atoms with Crippen molar-refractivity contribution in [1.82, 2.24) is 15.6 Å². The molecule has 2 fully saturated rings. The number of furan rings is 1. The van der Waals surface area contributed by atoms with Crippen LogP contribution in [0.2, 0.25) is 0 Å². The quantitative estimate of drug-likeness (QED) is 0.644. The Kier molecular flexibility index (Phi) is 6.24. The Morgan fingerprint density at radius 2 is 1.88 bits per heavy atom. The molecule has 1 aromatic heterocycles. The lowest BCUT2D eigenvalue weighted by Crippen LogP contribution is -2.59. The number of likely N-dealkylation sites (tertiary alicyclic amines) is 1. The summed E-state index contributed by atoms with van der Waals surface area (Å²) in [7, 11) is 0. The zero-order valence-corrected chi connectivity index (χ0v) is 19.3. The van der Waals surface area contributed by atoms with E-state index in [2.05, 4.69) is 15.6 Å². The van der Waals surface area contributed by atoms with Crippen LogP contribution in [0.1, 0.15) is 53.6 Å². The second-order valence-corrected chi connectivity index (χ2v) is 9.27. The number of hydrogen-bond acceptors (Lipinski definition) is 5. The largest absolute Gasteiger partial charge is 0.465 e. The van der Waals surface area contributed by atoms with Crippen molar-refractivity contribution in [3.05, 3.63) is 65.6 Å². The minimum absolute atomic E-state index is 0.0254. The van der Waals surface area contributed by atoms with Gasteiger partial charge in [-0.05, 0) is 76.0 Å². The van der Waals surface area contributed by atoms with Crippen molar-refractivity contribution in [2.75, 3.05) is 24.6 Å². The highest BCUT2D eigenvalue weighted by Gasteiger charge is 2.42. The van der Waals surface area contributed by atoms with Crippen LogP contribution >= 0.6 is 0 Å². The summed E-state index contributed by atoms with van der Waals surface area (Å²) in [6, 6.07) is 10.7. The van der Waals surface area contributed by atoms with Crippen LogP contribution in [0.15, 0.2) is 53.0 Å². The summed E-state index contributed by atoms with van der Waals surface area (Å²) >= 11 is 0. The van der Waals surface area contributed by atoms with Crippen molar-refractivity contribution < 1.29 is 18.8 Å². The number of aryl methyl sites for hydroxylation is 1. The van der Waals surface area contributed by atoms with Crippen LogP contribution in [-0.2, 0) is 9.59 Å². The van der Waals surface area contributed by atoms with E-state index in [0.717, 1.165) is 37.5 Å². The molecule has 1 aromatic carbocycles. The first-order valence-corrected chi connectivity index (χ1v) is 12.0. The molecule has 0 saturated carbocycles. The van der Waals surface area contributed by atoms with Crippen LogP contribution in [0.3, 0.4) is 0 Å². The van der Waals surface area contributed by atoms with Crippen molar-refractivity contribution in [2.45, 2.75) is 38.6 Å². The summed E-state index contributed by atoms with van der Waals surface area (Å²) in [6.07, 6.45) is 7.31. The van der Waals surface area contributed by atoms with Gasteiger partial charge in [-0.25, -0.2) is 5.01 Å². The van der Waals surface area contributed by atoms with E-state index in [1.807, 2.05) is 31.2 Å². The fourth-order valence-corrected chi connectivity index (χ4v) is 5.16. The number of nitrogens with one attached hydrogen (secondary N) is 2. The lowest BCUT2D eigenvalue weighted by Gasteiger charge is -2.38. The van der Waals surface area contributed by atoms with E-state index in [4.69, 9.17) is 4.42 Å². The summed E-state index contributed by atoms with van der Waals surface area (Å²) in [5, 5.41) is 4.33. The number of benzene rings is 1. The van der Waals surface area contributed by atoms with Gasteiger partial charge in [0.25, 0.3) is 5.91 Å². The lowest BCUT2D eigenvalue weighted by atomic mass is 9.80. The van der Waals surface area contributed by atoms with E-state index in [0.29, 0.717) is 30.6 Å². The van der Waals surface area contributed by atoms with E-state index in [9.17, 15) is 14.4 Å². The van der Waals surface area contributed by atoms with Gasteiger partial charge < -0.3 is 9.73 Å². The van der Waals surface area contributed by atoms with Gasteiger partial charge in [0.2, 0.25) is 11.8 Å². The molecule has 3 atom stereocenters. The van der Waals surface area contributed by atoms with Crippen LogP contribution in [0.4, 0.5) is 5.69 Å². The number of amides is 3. The number of rotatable bonds is 6. The number of allylic oxidation sites excluding steroid dienone is 2. The highest BCUT2D eigenvalue weighted by Crippen LogP contribution is 2.32. The van der Waals surface area contributed by atoms with E-state index in [1.54, 1.807) is 24.3 Å². The average molecular weight is 463 g/mol. The van der Waals surface area contributed by atoms with Gasteiger partial charge in [-0.2, -0.15) is 0 Å². The molecule has 3 aliphatic rings. The maximum absolute atomic E-state index is 13.1. The molecule has 8 heteroatoms. The van der Waals surface area contributed by atoms with Crippen molar-refractivity contribution in [3.8, 4) is 0 Å². The Labute approximate surface area is 198 Å². The molecule has 2 N–H and O–H groups in total. The van der Waals surface area contributed by atoms with Gasteiger partial charge in [0, 0.05) is 12.1 Å². The predicted molar refractivity (Wildman–Crippen MR) is 127 cm³/mol. The van der Waals surface area contributed by atoms with Crippen molar-refractivity contribution >= 4 is 23.4 Å². The molecule has 0 bridgehead atoms. The summed E-state index contributed by atoms with van der Waals surface area (Å²) < 4.78 is 5.88. The molecule has 178 valence electrons. The van der Waals surface area contributed by atoms with Crippen LogP contribution < -0.4 is 15.8 Å². The van der Waals surface area contributed by atoms with E-state index in [1.165, 1.54) is 5.01 Å². The Hall–Kier alpha value is -3.39.